The Labute approximate surface area is 127 Å². The van der Waals surface area contributed by atoms with E-state index in [0.717, 1.165) is 17.7 Å². The maximum Gasteiger partial charge on any atom is 0.270 e. The molecule has 0 radical (unpaired) electrons. The third-order valence-electron chi connectivity index (χ3n) is 2.97. The summed E-state index contributed by atoms with van der Waals surface area (Å²) in [7, 11) is 0. The van der Waals surface area contributed by atoms with Gasteiger partial charge in [0.1, 0.15) is 17.6 Å². The first-order valence-electron chi connectivity index (χ1n) is 6.48. The van der Waals surface area contributed by atoms with Crippen LogP contribution in [0.15, 0.2) is 54.1 Å². The second-order valence-electron chi connectivity index (χ2n) is 4.67. The molecule has 0 aliphatic heterocycles. The molecular formula is C17H13FN2O2. The molecule has 0 aliphatic rings. The number of amides is 1. The third-order valence-corrected chi connectivity index (χ3v) is 2.97. The fraction of sp³-hybridized carbons (Fsp3) is 0.0588. The van der Waals surface area contributed by atoms with Crippen LogP contribution in [0.3, 0.4) is 0 Å². The quantitative estimate of drug-likeness (QED) is 0.516. The van der Waals surface area contributed by atoms with Crippen LogP contribution in [0, 0.1) is 24.1 Å². The molecule has 2 aromatic carbocycles. The maximum atomic E-state index is 12.9. The molecule has 0 saturated heterocycles. The van der Waals surface area contributed by atoms with Gasteiger partial charge in [0.25, 0.3) is 5.91 Å². The standard InChI is InChI=1S/C17H13FN2O2/c1-11-3-2-4-14(9-11)20-17(22)15(10-19)16(21)12-5-7-13(18)8-6-12/h2-9,21H,1H3,(H,20,22)/b16-15-. The normalized spacial score (nSPS) is 11.3. The lowest BCUT2D eigenvalue weighted by Crippen LogP contribution is -2.15. The Morgan fingerprint density at radius 1 is 1.23 bits per heavy atom. The fourth-order valence-electron chi connectivity index (χ4n) is 1.88. The molecule has 0 aromatic heterocycles. The van der Waals surface area contributed by atoms with Gasteiger partial charge in [-0.2, -0.15) is 5.26 Å². The van der Waals surface area contributed by atoms with Crippen molar-refractivity contribution in [3.8, 4) is 6.07 Å². The van der Waals surface area contributed by atoms with Crippen molar-refractivity contribution in [1.29, 1.82) is 5.26 Å². The third kappa shape index (κ3) is 3.49. The molecule has 0 aliphatic carbocycles. The van der Waals surface area contributed by atoms with E-state index in [-0.39, 0.29) is 5.56 Å². The summed E-state index contributed by atoms with van der Waals surface area (Å²) >= 11 is 0. The van der Waals surface area contributed by atoms with E-state index < -0.39 is 23.1 Å². The Morgan fingerprint density at radius 3 is 2.50 bits per heavy atom. The van der Waals surface area contributed by atoms with Crippen molar-refractivity contribution in [3.05, 3.63) is 71.0 Å². The van der Waals surface area contributed by atoms with Crippen molar-refractivity contribution in [3.63, 3.8) is 0 Å². The number of aryl methyl sites for hydroxylation is 1. The van der Waals surface area contributed by atoms with Crippen molar-refractivity contribution >= 4 is 17.4 Å². The first-order chi connectivity index (χ1) is 10.5. The highest BCUT2D eigenvalue weighted by Crippen LogP contribution is 2.18. The average Bonchev–Trinajstić information content (AvgIpc) is 2.48. The number of nitrogens with one attached hydrogen (secondary N) is 1. The molecule has 2 N–H and O–H groups in total. The molecule has 0 unspecified atom stereocenters. The fourth-order valence-corrected chi connectivity index (χ4v) is 1.88. The number of rotatable bonds is 3. The number of carbonyl (C=O) groups excluding carboxylic acids is 1. The van der Waals surface area contributed by atoms with Gasteiger partial charge in [-0.3, -0.25) is 4.79 Å². The van der Waals surface area contributed by atoms with Crippen LogP contribution in [-0.4, -0.2) is 11.0 Å². The number of aliphatic hydroxyl groups excluding tert-OH is 1. The summed E-state index contributed by atoms with van der Waals surface area (Å²) in [5.41, 5.74) is 1.22. The molecule has 22 heavy (non-hydrogen) atoms. The average molecular weight is 296 g/mol. The predicted octanol–water partition coefficient (Wildman–Crippen LogP) is 3.57. The highest BCUT2D eigenvalue weighted by Gasteiger charge is 2.16. The van der Waals surface area contributed by atoms with Gasteiger partial charge in [0, 0.05) is 11.3 Å². The number of aliphatic hydroxyl groups is 1. The maximum absolute atomic E-state index is 12.9. The summed E-state index contributed by atoms with van der Waals surface area (Å²) in [4.78, 5) is 12.1. The van der Waals surface area contributed by atoms with E-state index in [2.05, 4.69) is 5.32 Å². The summed E-state index contributed by atoms with van der Waals surface area (Å²) in [6, 6.07) is 13.6. The Hall–Kier alpha value is -3.13. The van der Waals surface area contributed by atoms with E-state index in [0.29, 0.717) is 5.69 Å². The van der Waals surface area contributed by atoms with Crippen LogP contribution < -0.4 is 5.32 Å². The molecule has 0 heterocycles. The van der Waals surface area contributed by atoms with Crippen LogP contribution in [0.25, 0.3) is 5.76 Å². The van der Waals surface area contributed by atoms with Crippen molar-refractivity contribution in [2.24, 2.45) is 0 Å². The van der Waals surface area contributed by atoms with Gasteiger partial charge >= 0.3 is 0 Å². The highest BCUT2D eigenvalue weighted by atomic mass is 19.1. The number of carbonyl (C=O) groups is 1. The zero-order valence-corrected chi connectivity index (χ0v) is 11.8. The van der Waals surface area contributed by atoms with Gasteiger partial charge in [-0.15, -0.1) is 0 Å². The van der Waals surface area contributed by atoms with Gasteiger partial charge in [0.2, 0.25) is 0 Å². The summed E-state index contributed by atoms with van der Waals surface area (Å²) in [6.45, 7) is 1.87. The van der Waals surface area contributed by atoms with Gasteiger partial charge in [0.05, 0.1) is 0 Å². The molecule has 0 spiro atoms. The Bertz CT molecular complexity index is 774. The van der Waals surface area contributed by atoms with Crippen LogP contribution in [-0.2, 0) is 4.79 Å². The van der Waals surface area contributed by atoms with Crippen LogP contribution in [0.1, 0.15) is 11.1 Å². The van der Waals surface area contributed by atoms with Crippen LogP contribution in [0.5, 0.6) is 0 Å². The smallest absolute Gasteiger partial charge is 0.270 e. The minimum absolute atomic E-state index is 0.192. The van der Waals surface area contributed by atoms with Crippen molar-refractivity contribution in [1.82, 2.24) is 0 Å². The minimum Gasteiger partial charge on any atom is -0.506 e. The Kier molecular flexibility index (Phi) is 4.54. The summed E-state index contributed by atoms with van der Waals surface area (Å²) in [6.07, 6.45) is 0. The molecule has 0 atom stereocenters. The number of anilines is 1. The SMILES string of the molecule is Cc1cccc(NC(=O)/C(C#N)=C(\O)c2ccc(F)cc2)c1. The summed E-state index contributed by atoms with van der Waals surface area (Å²) < 4.78 is 12.9. The summed E-state index contributed by atoms with van der Waals surface area (Å²) in [5, 5.41) is 21.7. The molecule has 2 aromatic rings. The monoisotopic (exact) mass is 296 g/mol. The second kappa shape index (κ2) is 6.55. The topological polar surface area (TPSA) is 73.1 Å². The molecule has 5 heteroatoms. The molecule has 0 bridgehead atoms. The van der Waals surface area contributed by atoms with E-state index >= 15 is 0 Å². The van der Waals surface area contributed by atoms with Gasteiger partial charge < -0.3 is 10.4 Å². The Balaban J connectivity index is 2.30. The van der Waals surface area contributed by atoms with Crippen LogP contribution in [0.2, 0.25) is 0 Å². The van der Waals surface area contributed by atoms with Crippen molar-refractivity contribution < 1.29 is 14.3 Å². The number of hydrogen-bond acceptors (Lipinski definition) is 3. The van der Waals surface area contributed by atoms with Gasteiger partial charge in [-0.05, 0) is 48.9 Å². The number of hydrogen-bond donors (Lipinski definition) is 2. The highest BCUT2D eigenvalue weighted by molar-refractivity contribution is 6.10. The molecule has 2 rings (SSSR count). The number of halogens is 1. The van der Waals surface area contributed by atoms with E-state index in [1.807, 2.05) is 13.0 Å². The number of benzene rings is 2. The first kappa shape index (κ1) is 15.3. The van der Waals surface area contributed by atoms with Gasteiger partial charge in [0.15, 0.2) is 5.57 Å². The van der Waals surface area contributed by atoms with Crippen LogP contribution in [0.4, 0.5) is 10.1 Å². The molecule has 0 fully saturated rings. The van der Waals surface area contributed by atoms with Crippen molar-refractivity contribution in [2.75, 3.05) is 5.32 Å². The predicted molar refractivity (Wildman–Crippen MR) is 81.4 cm³/mol. The number of nitrogens with zero attached hydrogens (tertiary/aromatic N) is 1. The molecular weight excluding hydrogens is 283 g/mol. The van der Waals surface area contributed by atoms with E-state index in [4.69, 9.17) is 5.26 Å². The first-order valence-corrected chi connectivity index (χ1v) is 6.48. The lowest BCUT2D eigenvalue weighted by molar-refractivity contribution is -0.112. The lowest BCUT2D eigenvalue weighted by Gasteiger charge is -2.07. The Morgan fingerprint density at radius 2 is 1.91 bits per heavy atom. The zero-order chi connectivity index (χ0) is 16.1. The van der Waals surface area contributed by atoms with E-state index in [1.165, 1.54) is 12.1 Å². The largest absolute Gasteiger partial charge is 0.506 e. The summed E-state index contributed by atoms with van der Waals surface area (Å²) in [5.74, 6) is -1.69. The van der Waals surface area contributed by atoms with Crippen LogP contribution >= 0.6 is 0 Å². The molecule has 1 amide bonds. The van der Waals surface area contributed by atoms with Crippen molar-refractivity contribution in [2.45, 2.75) is 6.92 Å². The molecule has 110 valence electrons. The zero-order valence-electron chi connectivity index (χ0n) is 11.8. The van der Waals surface area contributed by atoms with E-state index in [1.54, 1.807) is 24.3 Å². The minimum atomic E-state index is -0.727. The van der Waals surface area contributed by atoms with Gasteiger partial charge in [-0.25, -0.2) is 4.39 Å². The second-order valence-corrected chi connectivity index (χ2v) is 4.67. The number of nitriles is 1. The molecule has 4 nitrogen and oxygen atoms in total. The van der Waals surface area contributed by atoms with Gasteiger partial charge in [-0.1, -0.05) is 12.1 Å². The lowest BCUT2D eigenvalue weighted by atomic mass is 10.1. The van der Waals surface area contributed by atoms with E-state index in [9.17, 15) is 14.3 Å². The molecule has 0 saturated carbocycles.